The van der Waals surface area contributed by atoms with E-state index in [4.69, 9.17) is 5.11 Å². The van der Waals surface area contributed by atoms with Gasteiger partial charge in [-0.2, -0.15) is 0 Å². The maximum Gasteiger partial charge on any atom is 0.303 e. The molecule has 0 unspecified atom stereocenters. The number of hydrogen-bond donors (Lipinski definition) is 1. The Morgan fingerprint density at radius 3 is 2.38 bits per heavy atom. The Labute approximate surface area is 101 Å². The number of carboxylic acid groups (broad SMARTS) is 1. The standard InChI is InChI=1S/C13H20O2S/c1-8(2)11-7-10(5-6-12(14)15)13(16-11)9(3)4/h7-9H,5-6H2,1-4H3,(H,14,15). The number of aryl methyl sites for hydroxylation is 1. The molecule has 0 aliphatic rings. The van der Waals surface area contributed by atoms with Crippen LogP contribution in [0.4, 0.5) is 0 Å². The lowest BCUT2D eigenvalue weighted by Gasteiger charge is -2.05. The van der Waals surface area contributed by atoms with E-state index in [1.54, 1.807) is 0 Å². The summed E-state index contributed by atoms with van der Waals surface area (Å²) in [5.41, 5.74) is 1.23. The molecule has 0 amide bonds. The Morgan fingerprint density at radius 1 is 1.31 bits per heavy atom. The number of carboxylic acids is 1. The van der Waals surface area contributed by atoms with Gasteiger partial charge in [-0.1, -0.05) is 27.7 Å². The first kappa shape index (κ1) is 13.2. The molecule has 1 aromatic rings. The van der Waals surface area contributed by atoms with E-state index >= 15 is 0 Å². The van der Waals surface area contributed by atoms with Crippen LogP contribution in [0.1, 0.15) is 61.3 Å². The summed E-state index contributed by atoms with van der Waals surface area (Å²) < 4.78 is 0. The Hall–Kier alpha value is -0.830. The molecule has 1 aromatic heterocycles. The fourth-order valence-electron chi connectivity index (χ4n) is 1.67. The van der Waals surface area contributed by atoms with E-state index in [1.807, 2.05) is 11.3 Å². The molecule has 0 radical (unpaired) electrons. The van der Waals surface area contributed by atoms with Crippen LogP contribution in [0.25, 0.3) is 0 Å². The molecule has 16 heavy (non-hydrogen) atoms. The fraction of sp³-hybridized carbons (Fsp3) is 0.615. The SMILES string of the molecule is CC(C)c1cc(CCC(=O)O)c(C(C)C)s1. The quantitative estimate of drug-likeness (QED) is 0.844. The predicted molar refractivity (Wildman–Crippen MR) is 68.5 cm³/mol. The first-order chi connectivity index (χ1) is 7.41. The van der Waals surface area contributed by atoms with E-state index in [1.165, 1.54) is 15.3 Å². The Kier molecular flexibility index (Phi) is 4.54. The first-order valence-corrected chi connectivity index (χ1v) is 6.57. The van der Waals surface area contributed by atoms with Crippen molar-refractivity contribution in [3.8, 4) is 0 Å². The van der Waals surface area contributed by atoms with E-state index in [-0.39, 0.29) is 6.42 Å². The van der Waals surface area contributed by atoms with Crippen LogP contribution in [-0.4, -0.2) is 11.1 Å². The zero-order valence-electron chi connectivity index (χ0n) is 10.4. The second-order valence-electron chi connectivity index (χ2n) is 4.74. The highest BCUT2D eigenvalue weighted by atomic mass is 32.1. The van der Waals surface area contributed by atoms with Crippen LogP contribution >= 0.6 is 11.3 Å². The predicted octanol–water partition coefficient (Wildman–Crippen LogP) is 4.01. The van der Waals surface area contributed by atoms with Gasteiger partial charge in [-0.05, 0) is 29.9 Å². The third-order valence-electron chi connectivity index (χ3n) is 2.56. The van der Waals surface area contributed by atoms with Gasteiger partial charge in [-0.15, -0.1) is 11.3 Å². The summed E-state index contributed by atoms with van der Waals surface area (Å²) in [4.78, 5) is 13.3. The van der Waals surface area contributed by atoms with Gasteiger partial charge in [-0.3, -0.25) is 4.79 Å². The third-order valence-corrected chi connectivity index (χ3v) is 4.34. The maximum atomic E-state index is 10.6. The van der Waals surface area contributed by atoms with Crippen molar-refractivity contribution in [3.05, 3.63) is 21.4 Å². The third kappa shape index (κ3) is 3.34. The summed E-state index contributed by atoms with van der Waals surface area (Å²) in [7, 11) is 0. The van der Waals surface area contributed by atoms with Gasteiger partial charge < -0.3 is 5.11 Å². The highest BCUT2D eigenvalue weighted by molar-refractivity contribution is 7.12. The first-order valence-electron chi connectivity index (χ1n) is 5.76. The van der Waals surface area contributed by atoms with Crippen molar-refractivity contribution in [1.29, 1.82) is 0 Å². The molecule has 0 aliphatic heterocycles. The maximum absolute atomic E-state index is 10.6. The van der Waals surface area contributed by atoms with Crippen LogP contribution in [0, 0.1) is 0 Å². The number of aliphatic carboxylic acids is 1. The lowest BCUT2D eigenvalue weighted by atomic mass is 10.0. The van der Waals surface area contributed by atoms with Crippen molar-refractivity contribution in [2.75, 3.05) is 0 Å². The lowest BCUT2D eigenvalue weighted by Crippen LogP contribution is -1.99. The van der Waals surface area contributed by atoms with Gasteiger partial charge in [0.2, 0.25) is 0 Å². The van der Waals surface area contributed by atoms with Crippen LogP contribution in [0.15, 0.2) is 6.07 Å². The normalized spacial score (nSPS) is 11.4. The number of hydrogen-bond acceptors (Lipinski definition) is 2. The van der Waals surface area contributed by atoms with Gasteiger partial charge in [0.1, 0.15) is 0 Å². The number of thiophene rings is 1. The Balaban J connectivity index is 2.91. The summed E-state index contributed by atoms with van der Waals surface area (Å²) in [6, 6.07) is 2.19. The van der Waals surface area contributed by atoms with Crippen molar-refractivity contribution in [2.24, 2.45) is 0 Å². The van der Waals surface area contributed by atoms with Gasteiger partial charge in [0.05, 0.1) is 0 Å². The van der Waals surface area contributed by atoms with E-state index in [0.29, 0.717) is 18.3 Å². The molecule has 0 atom stereocenters. The van der Waals surface area contributed by atoms with Crippen LogP contribution in [0.2, 0.25) is 0 Å². The highest BCUT2D eigenvalue weighted by Crippen LogP contribution is 2.34. The second-order valence-corrected chi connectivity index (χ2v) is 5.86. The van der Waals surface area contributed by atoms with Crippen molar-refractivity contribution in [2.45, 2.75) is 52.4 Å². The monoisotopic (exact) mass is 240 g/mol. The zero-order valence-corrected chi connectivity index (χ0v) is 11.2. The van der Waals surface area contributed by atoms with Gasteiger partial charge in [0.25, 0.3) is 0 Å². The van der Waals surface area contributed by atoms with Crippen LogP contribution in [0.3, 0.4) is 0 Å². The summed E-state index contributed by atoms with van der Waals surface area (Å²) in [6.07, 6.45) is 0.889. The van der Waals surface area contributed by atoms with Gasteiger partial charge >= 0.3 is 5.97 Å². The molecule has 0 aliphatic carbocycles. The molecule has 0 saturated carbocycles. The molecule has 0 saturated heterocycles. The fourth-order valence-corrected chi connectivity index (χ4v) is 2.89. The zero-order chi connectivity index (χ0) is 12.3. The van der Waals surface area contributed by atoms with Crippen LogP contribution in [0.5, 0.6) is 0 Å². The highest BCUT2D eigenvalue weighted by Gasteiger charge is 2.14. The van der Waals surface area contributed by atoms with E-state index in [0.717, 1.165) is 0 Å². The molecule has 1 N–H and O–H groups in total. The summed E-state index contributed by atoms with van der Waals surface area (Å²) >= 11 is 1.83. The van der Waals surface area contributed by atoms with Gasteiger partial charge in [-0.25, -0.2) is 0 Å². The molecular formula is C13H20O2S. The van der Waals surface area contributed by atoms with Crippen molar-refractivity contribution < 1.29 is 9.90 Å². The van der Waals surface area contributed by atoms with Crippen molar-refractivity contribution >= 4 is 17.3 Å². The smallest absolute Gasteiger partial charge is 0.303 e. The molecule has 0 aromatic carbocycles. The Bertz CT molecular complexity index is 364. The lowest BCUT2D eigenvalue weighted by molar-refractivity contribution is -0.136. The molecule has 1 heterocycles. The molecule has 90 valence electrons. The molecule has 0 spiro atoms. The minimum absolute atomic E-state index is 0.230. The van der Waals surface area contributed by atoms with Gasteiger partial charge in [0.15, 0.2) is 0 Å². The largest absolute Gasteiger partial charge is 0.481 e. The topological polar surface area (TPSA) is 37.3 Å². The molecule has 2 nitrogen and oxygen atoms in total. The van der Waals surface area contributed by atoms with Gasteiger partial charge in [0, 0.05) is 16.2 Å². The summed E-state index contributed by atoms with van der Waals surface area (Å²) in [5, 5.41) is 8.72. The minimum atomic E-state index is -0.716. The summed E-state index contributed by atoms with van der Waals surface area (Å²) in [6.45, 7) is 8.69. The molecule has 3 heteroatoms. The van der Waals surface area contributed by atoms with E-state index in [2.05, 4.69) is 33.8 Å². The van der Waals surface area contributed by atoms with Crippen molar-refractivity contribution in [3.63, 3.8) is 0 Å². The summed E-state index contributed by atoms with van der Waals surface area (Å²) in [5.74, 6) is 0.300. The van der Waals surface area contributed by atoms with Crippen molar-refractivity contribution in [1.82, 2.24) is 0 Å². The average Bonchev–Trinajstić information content (AvgIpc) is 2.58. The molecule has 1 rings (SSSR count). The number of carbonyl (C=O) groups is 1. The minimum Gasteiger partial charge on any atom is -0.481 e. The second kappa shape index (κ2) is 5.48. The van der Waals surface area contributed by atoms with E-state index in [9.17, 15) is 4.79 Å². The van der Waals surface area contributed by atoms with Crippen LogP contribution < -0.4 is 0 Å². The average molecular weight is 240 g/mol. The van der Waals surface area contributed by atoms with Crippen LogP contribution in [-0.2, 0) is 11.2 Å². The molecule has 0 fully saturated rings. The van der Waals surface area contributed by atoms with E-state index < -0.39 is 5.97 Å². The molecular weight excluding hydrogens is 220 g/mol. The molecule has 0 bridgehead atoms. The number of rotatable bonds is 5. The Morgan fingerprint density at radius 2 is 1.94 bits per heavy atom.